The second-order valence-electron chi connectivity index (χ2n) is 6.89. The van der Waals surface area contributed by atoms with Crippen molar-refractivity contribution in [3.05, 3.63) is 82.5 Å². The largest absolute Gasteiger partial charge is 0.492 e. The monoisotopic (exact) mass is 403 g/mol. The number of fused-ring (bicyclic) bond motifs is 1. The molecule has 1 N–H and O–H groups in total. The molecule has 0 radical (unpaired) electrons. The van der Waals surface area contributed by atoms with Gasteiger partial charge >= 0.3 is 0 Å². The van der Waals surface area contributed by atoms with Crippen molar-refractivity contribution in [3.8, 4) is 5.75 Å². The molecule has 1 amide bonds. The minimum absolute atomic E-state index is 0.0693. The summed E-state index contributed by atoms with van der Waals surface area (Å²) >= 11 is 0. The van der Waals surface area contributed by atoms with Crippen molar-refractivity contribution < 1.29 is 13.9 Å². The molecule has 0 aliphatic carbocycles. The average Bonchev–Trinajstić information content (AvgIpc) is 3.02. The summed E-state index contributed by atoms with van der Waals surface area (Å²) in [6.07, 6.45) is 1.95. The van der Waals surface area contributed by atoms with Crippen LogP contribution >= 0.6 is 0 Å². The number of rotatable bonds is 5. The molecular formula is C22H18FN5O2. The number of halogens is 1. The van der Waals surface area contributed by atoms with Gasteiger partial charge in [-0.3, -0.25) is 14.8 Å². The molecule has 1 aromatic carbocycles. The number of aromatic nitrogens is 2. The lowest BCUT2D eigenvalue weighted by atomic mass is 10.1. The number of amides is 1. The molecule has 0 saturated carbocycles. The smallest absolute Gasteiger partial charge is 0.257 e. The first kappa shape index (κ1) is 19.3. The van der Waals surface area contributed by atoms with Crippen LogP contribution < -0.4 is 10.1 Å². The number of nitrogens with zero attached hydrogens (tertiary/aromatic N) is 4. The van der Waals surface area contributed by atoms with Gasteiger partial charge in [-0.05, 0) is 18.2 Å². The lowest BCUT2D eigenvalue weighted by Crippen LogP contribution is -2.18. The van der Waals surface area contributed by atoms with Crippen LogP contribution in [0.3, 0.4) is 0 Å². The van der Waals surface area contributed by atoms with E-state index in [0.717, 1.165) is 5.69 Å². The van der Waals surface area contributed by atoms with E-state index in [4.69, 9.17) is 11.3 Å². The van der Waals surface area contributed by atoms with E-state index in [-0.39, 0.29) is 11.7 Å². The molecule has 8 heteroatoms. The van der Waals surface area contributed by atoms with Crippen LogP contribution in [0.1, 0.15) is 27.4 Å². The second kappa shape index (κ2) is 7.79. The summed E-state index contributed by atoms with van der Waals surface area (Å²) in [4.78, 5) is 26.5. The van der Waals surface area contributed by atoms with Crippen LogP contribution in [-0.2, 0) is 13.0 Å². The highest BCUT2D eigenvalue weighted by atomic mass is 19.1. The Hall–Kier alpha value is -3.99. The summed E-state index contributed by atoms with van der Waals surface area (Å²) in [5.41, 5.74) is 3.98. The zero-order valence-electron chi connectivity index (χ0n) is 16.4. The number of hydrogen-bond donors (Lipinski definition) is 1. The Morgan fingerprint density at radius 1 is 1.27 bits per heavy atom. The van der Waals surface area contributed by atoms with E-state index in [1.807, 2.05) is 0 Å². The standard InChI is InChI=1S/C22H18FN5O2/c1-24-14-8-7-13(25-11-14)9-15-10-18(20-19(26-15)12-28(2)22(20)29)27-17-6-4-5-16(23)21(17)30-3/h4-8,10-11H,9,12H2,2-3H3,(H,26,27). The maximum Gasteiger partial charge on any atom is 0.257 e. The number of carbonyl (C=O) groups is 1. The van der Waals surface area contributed by atoms with Gasteiger partial charge in [0.15, 0.2) is 11.6 Å². The molecule has 150 valence electrons. The molecule has 0 unspecified atom stereocenters. The molecule has 3 heterocycles. The summed E-state index contributed by atoms with van der Waals surface area (Å²) < 4.78 is 19.3. The third-order valence-electron chi connectivity index (χ3n) is 4.84. The number of para-hydroxylation sites is 1. The van der Waals surface area contributed by atoms with Crippen LogP contribution in [0.15, 0.2) is 42.6 Å². The fourth-order valence-electron chi connectivity index (χ4n) is 3.42. The van der Waals surface area contributed by atoms with Crippen LogP contribution in [0.2, 0.25) is 0 Å². The average molecular weight is 403 g/mol. The van der Waals surface area contributed by atoms with E-state index >= 15 is 0 Å². The first-order chi connectivity index (χ1) is 14.5. The first-order valence-electron chi connectivity index (χ1n) is 9.20. The van der Waals surface area contributed by atoms with E-state index in [1.165, 1.54) is 19.4 Å². The summed E-state index contributed by atoms with van der Waals surface area (Å²) in [7, 11) is 3.10. The van der Waals surface area contributed by atoms with Crippen molar-refractivity contribution in [1.29, 1.82) is 0 Å². The minimum atomic E-state index is -0.499. The van der Waals surface area contributed by atoms with Crippen LogP contribution in [0.4, 0.5) is 21.5 Å². The molecule has 0 fully saturated rings. The SMILES string of the molecule is [C-]#[N+]c1ccc(Cc2cc(Nc3cccc(F)c3OC)c3c(n2)CN(C)C3=O)nc1. The van der Waals surface area contributed by atoms with Gasteiger partial charge in [0.1, 0.15) is 0 Å². The maximum atomic E-state index is 14.1. The number of methoxy groups -OCH3 is 1. The Morgan fingerprint density at radius 2 is 2.10 bits per heavy atom. The second-order valence-corrected chi connectivity index (χ2v) is 6.89. The zero-order valence-corrected chi connectivity index (χ0v) is 16.4. The predicted molar refractivity (Wildman–Crippen MR) is 110 cm³/mol. The Bertz CT molecular complexity index is 1170. The van der Waals surface area contributed by atoms with Gasteiger partial charge in [0.05, 0.1) is 42.9 Å². The van der Waals surface area contributed by atoms with Crippen LogP contribution in [0.5, 0.6) is 5.75 Å². The van der Waals surface area contributed by atoms with E-state index in [2.05, 4.69) is 20.1 Å². The molecule has 30 heavy (non-hydrogen) atoms. The van der Waals surface area contributed by atoms with Crippen LogP contribution in [0, 0.1) is 12.4 Å². The Kier molecular flexibility index (Phi) is 5.02. The zero-order chi connectivity index (χ0) is 21.3. The summed E-state index contributed by atoms with van der Waals surface area (Å²) in [6.45, 7) is 7.42. The van der Waals surface area contributed by atoms with E-state index in [0.29, 0.717) is 47.0 Å². The van der Waals surface area contributed by atoms with Crippen molar-refractivity contribution in [3.63, 3.8) is 0 Å². The molecule has 3 aromatic rings. The van der Waals surface area contributed by atoms with Gasteiger partial charge in [0.25, 0.3) is 5.91 Å². The number of carbonyl (C=O) groups excluding carboxylic acids is 1. The summed E-state index contributed by atoms with van der Waals surface area (Å²) in [5.74, 6) is -0.581. The maximum absolute atomic E-state index is 14.1. The predicted octanol–water partition coefficient (Wildman–Crippen LogP) is 4.10. The van der Waals surface area contributed by atoms with E-state index < -0.39 is 5.82 Å². The van der Waals surface area contributed by atoms with Gasteiger partial charge < -0.3 is 15.0 Å². The molecule has 4 rings (SSSR count). The van der Waals surface area contributed by atoms with E-state index in [9.17, 15) is 9.18 Å². The highest BCUT2D eigenvalue weighted by molar-refractivity contribution is 6.03. The summed E-state index contributed by atoms with van der Waals surface area (Å²) in [5, 5.41) is 3.15. The molecule has 0 spiro atoms. The number of hydrogen-bond acceptors (Lipinski definition) is 5. The molecule has 1 aliphatic heterocycles. The quantitative estimate of drug-likeness (QED) is 0.650. The van der Waals surface area contributed by atoms with Crippen molar-refractivity contribution >= 4 is 23.0 Å². The molecular weight excluding hydrogens is 385 g/mol. The molecule has 2 aromatic heterocycles. The Morgan fingerprint density at radius 3 is 2.80 bits per heavy atom. The molecule has 0 saturated heterocycles. The van der Waals surface area contributed by atoms with Gasteiger partial charge in [0.2, 0.25) is 5.69 Å². The normalized spacial score (nSPS) is 12.5. The number of pyridine rings is 2. The minimum Gasteiger partial charge on any atom is -0.492 e. The van der Waals surface area contributed by atoms with Crippen LogP contribution in [0.25, 0.3) is 4.85 Å². The highest BCUT2D eigenvalue weighted by Crippen LogP contribution is 2.35. The molecule has 7 nitrogen and oxygen atoms in total. The number of anilines is 2. The fraction of sp³-hybridized carbons (Fsp3) is 0.182. The lowest BCUT2D eigenvalue weighted by molar-refractivity contribution is 0.0817. The summed E-state index contributed by atoms with van der Waals surface area (Å²) in [6, 6.07) is 9.81. The van der Waals surface area contributed by atoms with E-state index in [1.54, 1.807) is 42.3 Å². The lowest BCUT2D eigenvalue weighted by Gasteiger charge is -2.15. The highest BCUT2D eigenvalue weighted by Gasteiger charge is 2.30. The number of benzene rings is 1. The van der Waals surface area contributed by atoms with Gasteiger partial charge in [-0.1, -0.05) is 18.2 Å². The van der Waals surface area contributed by atoms with Gasteiger partial charge in [-0.25, -0.2) is 9.24 Å². The number of nitrogens with one attached hydrogen (secondary N) is 1. The van der Waals surface area contributed by atoms with Gasteiger partial charge in [-0.2, -0.15) is 0 Å². The van der Waals surface area contributed by atoms with Crippen molar-refractivity contribution in [2.24, 2.45) is 0 Å². The third-order valence-corrected chi connectivity index (χ3v) is 4.84. The van der Waals surface area contributed by atoms with Gasteiger partial charge in [0, 0.05) is 31.1 Å². The third kappa shape index (κ3) is 3.53. The van der Waals surface area contributed by atoms with Crippen molar-refractivity contribution in [1.82, 2.24) is 14.9 Å². The molecule has 0 bridgehead atoms. The fourth-order valence-corrected chi connectivity index (χ4v) is 3.42. The molecule has 1 aliphatic rings. The number of ether oxygens (including phenoxy) is 1. The van der Waals surface area contributed by atoms with Crippen molar-refractivity contribution in [2.45, 2.75) is 13.0 Å². The first-order valence-corrected chi connectivity index (χ1v) is 9.20. The van der Waals surface area contributed by atoms with Crippen molar-refractivity contribution in [2.75, 3.05) is 19.5 Å². The Balaban J connectivity index is 1.74. The molecule has 0 atom stereocenters. The van der Waals surface area contributed by atoms with Crippen LogP contribution in [-0.4, -0.2) is 34.9 Å². The Labute approximate surface area is 173 Å². The van der Waals surface area contributed by atoms with Gasteiger partial charge in [-0.15, -0.1) is 0 Å². The topological polar surface area (TPSA) is 71.7 Å².